The van der Waals surface area contributed by atoms with E-state index in [0.717, 1.165) is 21.7 Å². The van der Waals surface area contributed by atoms with E-state index in [1.54, 1.807) is 19.0 Å². The lowest BCUT2D eigenvalue weighted by Gasteiger charge is -2.23. The monoisotopic (exact) mass is 292 g/mol. The van der Waals surface area contributed by atoms with Crippen molar-refractivity contribution >= 4 is 17.5 Å². The molecule has 1 unspecified atom stereocenters. The fourth-order valence-corrected chi connectivity index (χ4v) is 2.09. The summed E-state index contributed by atoms with van der Waals surface area (Å²) in [5, 5.41) is 2.92. The predicted octanol–water partition coefficient (Wildman–Crippen LogP) is 0.233. The SMILES string of the molecule is Cc1cccc(NC(=O)C[NH+](C)[C@H](C)C(=O)N(C)C)c1C. The topological polar surface area (TPSA) is 53.9 Å². The maximum Gasteiger partial charge on any atom is 0.280 e. The van der Waals surface area contributed by atoms with Crippen LogP contribution in [-0.2, 0) is 9.59 Å². The number of quaternary nitrogens is 1. The van der Waals surface area contributed by atoms with Gasteiger partial charge < -0.3 is 15.1 Å². The van der Waals surface area contributed by atoms with E-state index in [-0.39, 0.29) is 24.4 Å². The fourth-order valence-electron chi connectivity index (χ4n) is 2.09. The maximum atomic E-state index is 12.1. The van der Waals surface area contributed by atoms with Gasteiger partial charge in [0.15, 0.2) is 12.6 Å². The van der Waals surface area contributed by atoms with E-state index in [1.807, 2.05) is 46.0 Å². The number of nitrogens with zero attached hydrogens (tertiary/aromatic N) is 1. The molecule has 0 radical (unpaired) electrons. The van der Waals surface area contributed by atoms with E-state index in [0.29, 0.717) is 0 Å². The van der Waals surface area contributed by atoms with Crippen molar-refractivity contribution in [3.63, 3.8) is 0 Å². The van der Waals surface area contributed by atoms with Crippen LogP contribution in [0, 0.1) is 13.8 Å². The van der Waals surface area contributed by atoms with Crippen LogP contribution >= 0.6 is 0 Å². The molecular weight excluding hydrogens is 266 g/mol. The van der Waals surface area contributed by atoms with E-state index in [1.165, 1.54) is 0 Å². The minimum atomic E-state index is -0.246. The number of nitrogens with one attached hydrogen (secondary N) is 2. The van der Waals surface area contributed by atoms with E-state index in [9.17, 15) is 9.59 Å². The van der Waals surface area contributed by atoms with E-state index >= 15 is 0 Å². The molecule has 2 atom stereocenters. The Hall–Kier alpha value is -1.88. The molecule has 0 spiro atoms. The van der Waals surface area contributed by atoms with Gasteiger partial charge >= 0.3 is 0 Å². The number of likely N-dealkylation sites (N-methyl/N-ethyl adjacent to an activating group) is 2. The summed E-state index contributed by atoms with van der Waals surface area (Å²) >= 11 is 0. The smallest absolute Gasteiger partial charge is 0.280 e. The van der Waals surface area contributed by atoms with Gasteiger partial charge in [0, 0.05) is 19.8 Å². The molecule has 0 aliphatic rings. The molecule has 116 valence electrons. The number of carbonyl (C=O) groups excluding carboxylic acids is 2. The Morgan fingerprint density at radius 1 is 1.29 bits per heavy atom. The molecule has 0 fully saturated rings. The van der Waals surface area contributed by atoms with Gasteiger partial charge in [0.05, 0.1) is 7.05 Å². The molecule has 0 bridgehead atoms. The molecule has 0 aliphatic heterocycles. The second kappa shape index (κ2) is 7.22. The van der Waals surface area contributed by atoms with Crippen molar-refractivity contribution in [2.75, 3.05) is 33.0 Å². The molecule has 0 aromatic heterocycles. The zero-order valence-electron chi connectivity index (χ0n) is 13.8. The molecule has 2 N–H and O–H groups in total. The van der Waals surface area contributed by atoms with Crippen LogP contribution < -0.4 is 10.2 Å². The van der Waals surface area contributed by atoms with Crippen molar-refractivity contribution in [1.29, 1.82) is 0 Å². The molecule has 2 amide bonds. The molecular formula is C16H26N3O2+. The Labute approximate surface area is 126 Å². The minimum absolute atomic E-state index is 0.0204. The van der Waals surface area contributed by atoms with Gasteiger partial charge in [-0.05, 0) is 38.0 Å². The molecule has 0 saturated carbocycles. The average Bonchev–Trinajstić information content (AvgIpc) is 2.41. The standard InChI is InChI=1S/C16H25N3O2/c1-11-8-7-9-14(12(11)2)17-15(20)10-19(6)13(3)16(21)18(4)5/h7-9,13H,10H2,1-6H3,(H,17,20)/p+1/t13-/m1/s1. The van der Waals surface area contributed by atoms with Crippen molar-refractivity contribution in [3.8, 4) is 0 Å². The average molecular weight is 292 g/mol. The fraction of sp³-hybridized carbons (Fsp3) is 0.500. The first-order valence-corrected chi connectivity index (χ1v) is 7.13. The molecule has 1 aromatic rings. The van der Waals surface area contributed by atoms with Crippen LogP contribution in [0.5, 0.6) is 0 Å². The Morgan fingerprint density at radius 3 is 2.48 bits per heavy atom. The van der Waals surface area contributed by atoms with Gasteiger partial charge in [0.2, 0.25) is 0 Å². The van der Waals surface area contributed by atoms with Crippen LogP contribution in [0.2, 0.25) is 0 Å². The van der Waals surface area contributed by atoms with E-state index in [4.69, 9.17) is 0 Å². The second-order valence-corrected chi connectivity index (χ2v) is 5.77. The third-order valence-corrected chi connectivity index (χ3v) is 3.87. The summed E-state index contributed by atoms with van der Waals surface area (Å²) in [5.41, 5.74) is 3.05. The number of hydrogen-bond acceptors (Lipinski definition) is 2. The van der Waals surface area contributed by atoms with Gasteiger partial charge in [0.1, 0.15) is 0 Å². The third kappa shape index (κ3) is 4.56. The summed E-state index contributed by atoms with van der Waals surface area (Å²) in [4.78, 5) is 26.4. The quantitative estimate of drug-likeness (QED) is 0.816. The minimum Gasteiger partial charge on any atom is -0.344 e. The van der Waals surface area contributed by atoms with Crippen LogP contribution in [0.1, 0.15) is 18.1 Å². The molecule has 1 rings (SSSR count). The first-order valence-electron chi connectivity index (χ1n) is 7.13. The lowest BCUT2D eigenvalue weighted by atomic mass is 10.1. The summed E-state index contributed by atoms with van der Waals surface area (Å²) in [7, 11) is 5.30. The summed E-state index contributed by atoms with van der Waals surface area (Å²) < 4.78 is 0. The van der Waals surface area contributed by atoms with Crippen molar-refractivity contribution in [2.24, 2.45) is 0 Å². The third-order valence-electron chi connectivity index (χ3n) is 3.87. The van der Waals surface area contributed by atoms with Crippen molar-refractivity contribution in [3.05, 3.63) is 29.3 Å². The molecule has 0 aliphatic carbocycles. The summed E-state index contributed by atoms with van der Waals surface area (Å²) in [6.07, 6.45) is 0. The van der Waals surface area contributed by atoms with Crippen LogP contribution in [0.25, 0.3) is 0 Å². The van der Waals surface area contributed by atoms with Gasteiger partial charge in [-0.15, -0.1) is 0 Å². The Bertz CT molecular complexity index is 526. The second-order valence-electron chi connectivity index (χ2n) is 5.77. The maximum absolute atomic E-state index is 12.1. The Morgan fingerprint density at radius 2 is 1.90 bits per heavy atom. The molecule has 0 saturated heterocycles. The predicted molar refractivity (Wildman–Crippen MR) is 84.5 cm³/mol. The van der Waals surface area contributed by atoms with Gasteiger partial charge in [-0.1, -0.05) is 12.1 Å². The van der Waals surface area contributed by atoms with Crippen LogP contribution in [0.3, 0.4) is 0 Å². The van der Waals surface area contributed by atoms with Gasteiger partial charge in [-0.3, -0.25) is 9.59 Å². The number of carbonyl (C=O) groups is 2. The highest BCUT2D eigenvalue weighted by Crippen LogP contribution is 2.17. The number of benzene rings is 1. The highest BCUT2D eigenvalue weighted by molar-refractivity contribution is 5.92. The summed E-state index contributed by atoms with van der Waals surface area (Å²) in [5.74, 6) is -0.0633. The van der Waals surface area contributed by atoms with Gasteiger partial charge in [-0.2, -0.15) is 0 Å². The first kappa shape index (κ1) is 17.2. The number of rotatable bonds is 5. The van der Waals surface area contributed by atoms with E-state index < -0.39 is 0 Å². The Balaban J connectivity index is 2.65. The van der Waals surface area contributed by atoms with Gasteiger partial charge in [-0.25, -0.2) is 0 Å². The summed E-state index contributed by atoms with van der Waals surface area (Å²) in [6.45, 7) is 6.09. The normalized spacial score (nSPS) is 13.4. The number of aryl methyl sites for hydroxylation is 1. The van der Waals surface area contributed by atoms with Crippen molar-refractivity contribution in [2.45, 2.75) is 26.8 Å². The highest BCUT2D eigenvalue weighted by Gasteiger charge is 2.25. The highest BCUT2D eigenvalue weighted by atomic mass is 16.2. The largest absolute Gasteiger partial charge is 0.344 e. The number of amides is 2. The zero-order chi connectivity index (χ0) is 16.2. The first-order chi connectivity index (χ1) is 9.73. The van der Waals surface area contributed by atoms with Gasteiger partial charge in [0.25, 0.3) is 11.8 Å². The van der Waals surface area contributed by atoms with Crippen LogP contribution in [0.4, 0.5) is 5.69 Å². The molecule has 5 nitrogen and oxygen atoms in total. The molecule has 5 heteroatoms. The molecule has 1 aromatic carbocycles. The van der Waals surface area contributed by atoms with Crippen LogP contribution in [-0.4, -0.2) is 50.4 Å². The summed E-state index contributed by atoms with van der Waals surface area (Å²) in [6, 6.07) is 5.58. The van der Waals surface area contributed by atoms with Crippen molar-refractivity contribution < 1.29 is 14.5 Å². The van der Waals surface area contributed by atoms with E-state index in [2.05, 4.69) is 5.32 Å². The van der Waals surface area contributed by atoms with Crippen molar-refractivity contribution in [1.82, 2.24) is 4.90 Å². The Kier molecular flexibility index (Phi) is 5.90. The molecule has 0 heterocycles. The lowest BCUT2D eigenvalue weighted by Crippen LogP contribution is -3.15. The number of hydrogen-bond donors (Lipinski definition) is 2. The lowest BCUT2D eigenvalue weighted by molar-refractivity contribution is -0.886. The van der Waals surface area contributed by atoms with Crippen LogP contribution in [0.15, 0.2) is 18.2 Å². The molecule has 21 heavy (non-hydrogen) atoms. The number of anilines is 1. The zero-order valence-corrected chi connectivity index (χ0v) is 13.8.